The summed E-state index contributed by atoms with van der Waals surface area (Å²) in [6.45, 7) is 5.87. The van der Waals surface area contributed by atoms with Crippen LogP contribution in [-0.4, -0.2) is 23.6 Å². The van der Waals surface area contributed by atoms with Crippen molar-refractivity contribution in [2.75, 3.05) is 12.4 Å². The van der Waals surface area contributed by atoms with Crippen LogP contribution in [0.25, 0.3) is 10.9 Å². The van der Waals surface area contributed by atoms with Gasteiger partial charge in [-0.05, 0) is 38.0 Å². The molecular weight excluding hydrogens is 376 g/mol. The third kappa shape index (κ3) is 3.71. The summed E-state index contributed by atoms with van der Waals surface area (Å²) in [5.41, 5.74) is 2.76. The van der Waals surface area contributed by atoms with Crippen molar-refractivity contribution >= 4 is 39.1 Å². The number of rotatable bonds is 5. The SMILES string of the molecule is COC(=O)c1c(NC(=O)CCn2c(=O)cc(C)c3ccccc32)sc(C)c1C. The van der Waals surface area contributed by atoms with Crippen molar-refractivity contribution in [3.8, 4) is 0 Å². The quantitative estimate of drug-likeness (QED) is 0.663. The van der Waals surface area contributed by atoms with Crippen LogP contribution in [-0.2, 0) is 16.1 Å². The van der Waals surface area contributed by atoms with Gasteiger partial charge in [-0.1, -0.05) is 18.2 Å². The van der Waals surface area contributed by atoms with Gasteiger partial charge in [-0.25, -0.2) is 4.79 Å². The Morgan fingerprint density at radius 1 is 1.18 bits per heavy atom. The summed E-state index contributed by atoms with van der Waals surface area (Å²) in [5, 5.41) is 4.27. The molecule has 0 aliphatic heterocycles. The second kappa shape index (κ2) is 7.98. The molecule has 0 bridgehead atoms. The maximum absolute atomic E-state index is 12.5. The smallest absolute Gasteiger partial charge is 0.341 e. The number of aryl methyl sites for hydroxylation is 3. The number of carbonyl (C=O) groups is 2. The average molecular weight is 398 g/mol. The van der Waals surface area contributed by atoms with E-state index in [0.29, 0.717) is 10.6 Å². The number of esters is 1. The number of anilines is 1. The van der Waals surface area contributed by atoms with Gasteiger partial charge in [0, 0.05) is 29.3 Å². The summed E-state index contributed by atoms with van der Waals surface area (Å²) in [4.78, 5) is 37.9. The van der Waals surface area contributed by atoms with E-state index in [1.807, 2.05) is 45.0 Å². The number of methoxy groups -OCH3 is 1. The lowest BCUT2D eigenvalue weighted by Crippen LogP contribution is -2.23. The molecule has 0 fully saturated rings. The van der Waals surface area contributed by atoms with E-state index in [4.69, 9.17) is 4.74 Å². The van der Waals surface area contributed by atoms with Crippen molar-refractivity contribution in [1.29, 1.82) is 0 Å². The number of pyridine rings is 1. The monoisotopic (exact) mass is 398 g/mol. The molecule has 3 rings (SSSR count). The van der Waals surface area contributed by atoms with E-state index < -0.39 is 5.97 Å². The molecule has 1 aromatic carbocycles. The molecule has 0 aliphatic rings. The van der Waals surface area contributed by atoms with Gasteiger partial charge in [0.25, 0.3) is 5.56 Å². The summed E-state index contributed by atoms with van der Waals surface area (Å²) in [7, 11) is 1.31. The number of para-hydroxylation sites is 1. The zero-order valence-corrected chi connectivity index (χ0v) is 17.1. The molecule has 2 aromatic heterocycles. The highest BCUT2D eigenvalue weighted by Gasteiger charge is 2.21. The van der Waals surface area contributed by atoms with E-state index in [-0.39, 0.29) is 24.4 Å². The second-order valence-electron chi connectivity index (χ2n) is 6.61. The van der Waals surface area contributed by atoms with E-state index in [0.717, 1.165) is 26.9 Å². The number of fused-ring (bicyclic) bond motifs is 1. The molecule has 2 heterocycles. The van der Waals surface area contributed by atoms with Gasteiger partial charge in [-0.2, -0.15) is 0 Å². The Labute approximate surface area is 166 Å². The number of carbonyl (C=O) groups excluding carboxylic acids is 2. The lowest BCUT2D eigenvalue weighted by molar-refractivity contribution is -0.116. The Morgan fingerprint density at radius 2 is 1.89 bits per heavy atom. The number of hydrogen-bond donors (Lipinski definition) is 1. The van der Waals surface area contributed by atoms with Gasteiger partial charge in [-0.3, -0.25) is 9.59 Å². The van der Waals surface area contributed by atoms with Crippen LogP contribution in [0, 0.1) is 20.8 Å². The maximum atomic E-state index is 12.5. The third-order valence-corrected chi connectivity index (χ3v) is 5.94. The number of nitrogens with one attached hydrogen (secondary N) is 1. The minimum Gasteiger partial charge on any atom is -0.465 e. The third-order valence-electron chi connectivity index (χ3n) is 4.82. The van der Waals surface area contributed by atoms with Gasteiger partial charge in [0.05, 0.1) is 18.2 Å². The first-order chi connectivity index (χ1) is 13.3. The summed E-state index contributed by atoms with van der Waals surface area (Å²) in [6, 6.07) is 9.22. The maximum Gasteiger partial charge on any atom is 0.341 e. The van der Waals surface area contributed by atoms with Crippen LogP contribution in [0.5, 0.6) is 0 Å². The first-order valence-corrected chi connectivity index (χ1v) is 9.72. The number of amides is 1. The predicted molar refractivity (Wildman–Crippen MR) is 111 cm³/mol. The van der Waals surface area contributed by atoms with Crippen LogP contribution in [0.1, 0.15) is 32.8 Å². The van der Waals surface area contributed by atoms with Crippen molar-refractivity contribution in [2.24, 2.45) is 0 Å². The molecule has 0 unspecified atom stereocenters. The molecule has 0 atom stereocenters. The van der Waals surface area contributed by atoms with E-state index in [1.165, 1.54) is 18.4 Å². The molecule has 1 amide bonds. The predicted octanol–water partition coefficient (Wildman–Crippen LogP) is 3.80. The lowest BCUT2D eigenvalue weighted by Gasteiger charge is -2.12. The molecule has 0 saturated carbocycles. The highest BCUT2D eigenvalue weighted by atomic mass is 32.1. The Balaban J connectivity index is 1.82. The number of hydrogen-bond acceptors (Lipinski definition) is 5. The zero-order valence-electron chi connectivity index (χ0n) is 16.3. The molecular formula is C21H22N2O4S. The average Bonchev–Trinajstić information content (AvgIpc) is 2.94. The fourth-order valence-corrected chi connectivity index (χ4v) is 4.26. The van der Waals surface area contributed by atoms with Crippen LogP contribution in [0.3, 0.4) is 0 Å². The zero-order chi connectivity index (χ0) is 20.4. The molecule has 146 valence electrons. The van der Waals surface area contributed by atoms with Crippen LogP contribution in [0.4, 0.5) is 5.00 Å². The molecule has 1 N–H and O–H groups in total. The Morgan fingerprint density at radius 3 is 2.61 bits per heavy atom. The van der Waals surface area contributed by atoms with Crippen molar-refractivity contribution in [1.82, 2.24) is 4.57 Å². The van der Waals surface area contributed by atoms with Gasteiger partial charge < -0.3 is 14.6 Å². The Hall–Kier alpha value is -2.93. The topological polar surface area (TPSA) is 77.4 Å². The van der Waals surface area contributed by atoms with Gasteiger partial charge in [-0.15, -0.1) is 11.3 Å². The van der Waals surface area contributed by atoms with Gasteiger partial charge in [0.15, 0.2) is 0 Å². The van der Waals surface area contributed by atoms with Gasteiger partial charge >= 0.3 is 5.97 Å². The molecule has 0 radical (unpaired) electrons. The Kier molecular flexibility index (Phi) is 5.65. The fraction of sp³-hybridized carbons (Fsp3) is 0.286. The lowest BCUT2D eigenvalue weighted by atomic mass is 10.1. The van der Waals surface area contributed by atoms with Crippen molar-refractivity contribution in [2.45, 2.75) is 33.7 Å². The number of thiophene rings is 1. The molecule has 0 saturated heterocycles. The fourth-order valence-electron chi connectivity index (χ4n) is 3.20. The van der Waals surface area contributed by atoms with Crippen LogP contribution in [0.2, 0.25) is 0 Å². The molecule has 0 aliphatic carbocycles. The summed E-state index contributed by atoms with van der Waals surface area (Å²) < 4.78 is 6.43. The summed E-state index contributed by atoms with van der Waals surface area (Å²) in [6.07, 6.45) is 0.115. The van der Waals surface area contributed by atoms with Gasteiger partial charge in [0.1, 0.15) is 5.00 Å². The molecule has 7 heteroatoms. The molecule has 0 spiro atoms. The normalized spacial score (nSPS) is 10.9. The van der Waals surface area contributed by atoms with Crippen molar-refractivity contribution in [3.05, 3.63) is 62.3 Å². The highest BCUT2D eigenvalue weighted by molar-refractivity contribution is 7.16. The number of nitrogens with zero attached hydrogens (tertiary/aromatic N) is 1. The van der Waals surface area contributed by atoms with Crippen LogP contribution < -0.4 is 10.9 Å². The van der Waals surface area contributed by atoms with E-state index in [9.17, 15) is 14.4 Å². The number of aromatic nitrogens is 1. The minimum atomic E-state index is -0.474. The second-order valence-corrected chi connectivity index (χ2v) is 7.84. The standard InChI is InChI=1S/C21H22N2O4S/c1-12-11-18(25)23(16-8-6-5-7-15(12)16)10-9-17(24)22-20-19(21(26)27-4)13(2)14(3)28-20/h5-8,11H,9-10H2,1-4H3,(H,22,24). The first kappa shape index (κ1) is 19.8. The number of benzene rings is 1. The molecule has 28 heavy (non-hydrogen) atoms. The van der Waals surface area contributed by atoms with E-state index in [1.54, 1.807) is 10.6 Å². The van der Waals surface area contributed by atoms with Crippen molar-refractivity contribution in [3.63, 3.8) is 0 Å². The minimum absolute atomic E-state index is 0.115. The van der Waals surface area contributed by atoms with Crippen molar-refractivity contribution < 1.29 is 14.3 Å². The first-order valence-electron chi connectivity index (χ1n) is 8.90. The summed E-state index contributed by atoms with van der Waals surface area (Å²) in [5.74, 6) is -0.735. The highest BCUT2D eigenvalue weighted by Crippen LogP contribution is 2.33. The molecule has 3 aromatic rings. The largest absolute Gasteiger partial charge is 0.465 e. The number of ether oxygens (including phenoxy) is 1. The molecule has 6 nitrogen and oxygen atoms in total. The van der Waals surface area contributed by atoms with E-state index in [2.05, 4.69) is 5.32 Å². The Bertz CT molecular complexity index is 1130. The van der Waals surface area contributed by atoms with Crippen LogP contribution >= 0.6 is 11.3 Å². The van der Waals surface area contributed by atoms with E-state index >= 15 is 0 Å². The van der Waals surface area contributed by atoms with Gasteiger partial charge in [0.2, 0.25) is 5.91 Å². The summed E-state index contributed by atoms with van der Waals surface area (Å²) >= 11 is 1.34. The van der Waals surface area contributed by atoms with Crippen LogP contribution in [0.15, 0.2) is 35.1 Å².